The zero-order chi connectivity index (χ0) is 21.5. The van der Waals surface area contributed by atoms with Crippen LogP contribution in [0.1, 0.15) is 12.1 Å². The van der Waals surface area contributed by atoms with Crippen LogP contribution in [0.5, 0.6) is 0 Å². The fraction of sp³-hybridized carbons (Fsp3) is 0.143. The maximum atomic E-state index is 13.7. The topological polar surface area (TPSA) is 120 Å². The molecule has 2 aromatic carbocycles. The molecule has 0 bridgehead atoms. The summed E-state index contributed by atoms with van der Waals surface area (Å²) in [5, 5.41) is 14.3. The summed E-state index contributed by atoms with van der Waals surface area (Å²) in [6, 6.07) is 13.6. The number of nitrogens with one attached hydrogen (secondary N) is 3. The molecule has 8 nitrogen and oxygen atoms in total. The Morgan fingerprint density at radius 2 is 2.00 bits per heavy atom. The molecule has 0 aliphatic heterocycles. The van der Waals surface area contributed by atoms with E-state index in [1.807, 2.05) is 30.3 Å². The van der Waals surface area contributed by atoms with E-state index in [0.717, 1.165) is 12.1 Å². The molecule has 5 N–H and O–H groups in total. The van der Waals surface area contributed by atoms with Crippen LogP contribution >= 0.6 is 0 Å². The summed E-state index contributed by atoms with van der Waals surface area (Å²) in [7, 11) is 1.62. The first-order valence-corrected chi connectivity index (χ1v) is 9.23. The lowest BCUT2D eigenvalue weighted by atomic mass is 10.1. The second kappa shape index (κ2) is 9.46. The number of nitrogens with two attached hydrogens (primary N) is 1. The summed E-state index contributed by atoms with van der Waals surface area (Å²) >= 11 is 0. The third kappa shape index (κ3) is 4.69. The smallest absolute Gasteiger partial charge is 0.214 e. The van der Waals surface area contributed by atoms with E-state index in [1.165, 1.54) is 17.3 Å². The lowest BCUT2D eigenvalue weighted by Gasteiger charge is -2.18. The van der Waals surface area contributed by atoms with Crippen LogP contribution in [0.4, 0.5) is 33.0 Å². The molecule has 0 aliphatic rings. The standard InChI is InChI=1S/C21H22FN7O/c1-25-18-11-14(7-8-16(18)22)28-20-19(26-12-27-21(20)24)17(23)9-10-29(13-30)15-5-3-2-4-6-15/h2-8,11-13,23,25,28H,9-10H2,1H3,(H2,24,26,27). The lowest BCUT2D eigenvalue weighted by molar-refractivity contribution is -0.107. The summed E-state index contributed by atoms with van der Waals surface area (Å²) in [4.78, 5) is 21.2. The highest BCUT2D eigenvalue weighted by molar-refractivity contribution is 6.04. The Morgan fingerprint density at radius 1 is 1.23 bits per heavy atom. The molecule has 0 unspecified atom stereocenters. The molecule has 3 aromatic rings. The molecule has 0 radical (unpaired) electrons. The van der Waals surface area contributed by atoms with Crippen molar-refractivity contribution in [1.82, 2.24) is 9.97 Å². The van der Waals surface area contributed by atoms with E-state index in [-0.39, 0.29) is 23.8 Å². The minimum Gasteiger partial charge on any atom is -0.386 e. The number of nitrogens with zero attached hydrogens (tertiary/aromatic N) is 3. The van der Waals surface area contributed by atoms with Gasteiger partial charge < -0.3 is 26.7 Å². The van der Waals surface area contributed by atoms with Crippen LogP contribution in [0.3, 0.4) is 0 Å². The van der Waals surface area contributed by atoms with Gasteiger partial charge in [-0.05, 0) is 30.3 Å². The van der Waals surface area contributed by atoms with Gasteiger partial charge in [0.05, 0.1) is 11.4 Å². The first-order valence-electron chi connectivity index (χ1n) is 9.23. The summed E-state index contributed by atoms with van der Waals surface area (Å²) in [6.45, 7) is 0.302. The van der Waals surface area contributed by atoms with Gasteiger partial charge in [-0.25, -0.2) is 14.4 Å². The number of nitrogen functional groups attached to an aromatic ring is 1. The number of hydrogen-bond acceptors (Lipinski definition) is 7. The molecule has 9 heteroatoms. The van der Waals surface area contributed by atoms with Gasteiger partial charge in [0, 0.05) is 31.4 Å². The van der Waals surface area contributed by atoms with Crippen molar-refractivity contribution in [2.45, 2.75) is 6.42 Å². The maximum absolute atomic E-state index is 13.7. The molecule has 0 aliphatic carbocycles. The summed E-state index contributed by atoms with van der Waals surface area (Å²) in [5.41, 5.74) is 8.49. The molecule has 1 aromatic heterocycles. The van der Waals surface area contributed by atoms with Gasteiger partial charge in [0.15, 0.2) is 5.82 Å². The van der Waals surface area contributed by atoms with Gasteiger partial charge >= 0.3 is 0 Å². The van der Waals surface area contributed by atoms with Crippen molar-refractivity contribution < 1.29 is 9.18 Å². The molecule has 0 saturated heterocycles. The van der Waals surface area contributed by atoms with Crippen molar-refractivity contribution in [3.63, 3.8) is 0 Å². The van der Waals surface area contributed by atoms with E-state index in [4.69, 9.17) is 11.1 Å². The number of aromatic nitrogens is 2. The van der Waals surface area contributed by atoms with Gasteiger partial charge in [-0.1, -0.05) is 18.2 Å². The monoisotopic (exact) mass is 407 g/mol. The Hall–Kier alpha value is -4.01. The third-order valence-corrected chi connectivity index (χ3v) is 4.49. The molecule has 0 atom stereocenters. The Bertz CT molecular complexity index is 1040. The Morgan fingerprint density at radius 3 is 2.70 bits per heavy atom. The molecule has 1 heterocycles. The van der Waals surface area contributed by atoms with Crippen LogP contribution in [0.2, 0.25) is 0 Å². The van der Waals surface area contributed by atoms with Gasteiger partial charge in [-0.15, -0.1) is 0 Å². The summed E-state index contributed by atoms with van der Waals surface area (Å²) in [5.74, 6) is -0.224. The normalized spacial score (nSPS) is 10.3. The second-order valence-electron chi connectivity index (χ2n) is 6.42. The molecular weight excluding hydrogens is 385 g/mol. The predicted octanol–water partition coefficient (Wildman–Crippen LogP) is 3.40. The van der Waals surface area contributed by atoms with Gasteiger partial charge in [0.25, 0.3) is 0 Å². The van der Waals surface area contributed by atoms with Crippen molar-refractivity contribution in [3.8, 4) is 0 Å². The van der Waals surface area contributed by atoms with E-state index >= 15 is 0 Å². The van der Waals surface area contributed by atoms with Crippen LogP contribution in [-0.4, -0.2) is 35.7 Å². The molecular formula is C21H22FN7O. The molecule has 30 heavy (non-hydrogen) atoms. The molecule has 0 fully saturated rings. The SMILES string of the molecule is CNc1cc(Nc2c(N)ncnc2C(=N)CCN(C=O)c2ccccc2)ccc1F. The number of para-hydroxylation sites is 1. The van der Waals surface area contributed by atoms with Crippen LogP contribution < -0.4 is 21.3 Å². The van der Waals surface area contributed by atoms with Crippen molar-refractivity contribution in [2.24, 2.45) is 0 Å². The molecule has 154 valence electrons. The summed E-state index contributed by atoms with van der Waals surface area (Å²) in [6.07, 6.45) is 2.26. The van der Waals surface area contributed by atoms with Crippen molar-refractivity contribution in [2.75, 3.05) is 34.9 Å². The Kier molecular flexibility index (Phi) is 6.53. The van der Waals surface area contributed by atoms with Gasteiger partial charge in [0.1, 0.15) is 23.5 Å². The Balaban J connectivity index is 1.80. The average molecular weight is 407 g/mol. The van der Waals surface area contributed by atoms with E-state index in [9.17, 15) is 9.18 Å². The quantitative estimate of drug-likeness (QED) is 0.319. The fourth-order valence-electron chi connectivity index (χ4n) is 2.90. The lowest BCUT2D eigenvalue weighted by Crippen LogP contribution is -2.25. The van der Waals surface area contributed by atoms with Crippen LogP contribution in [0, 0.1) is 11.2 Å². The number of hydrogen-bond donors (Lipinski definition) is 4. The van der Waals surface area contributed by atoms with E-state index in [1.54, 1.807) is 19.2 Å². The fourth-order valence-corrected chi connectivity index (χ4v) is 2.90. The maximum Gasteiger partial charge on any atom is 0.214 e. The van der Waals surface area contributed by atoms with Crippen LogP contribution in [-0.2, 0) is 4.79 Å². The van der Waals surface area contributed by atoms with Gasteiger partial charge in [0.2, 0.25) is 6.41 Å². The number of carbonyl (C=O) groups is 1. The van der Waals surface area contributed by atoms with Crippen molar-refractivity contribution >= 4 is 40.7 Å². The largest absolute Gasteiger partial charge is 0.386 e. The molecule has 0 spiro atoms. The van der Waals surface area contributed by atoms with Gasteiger partial charge in [-0.3, -0.25) is 4.79 Å². The molecule has 3 rings (SSSR count). The average Bonchev–Trinajstić information content (AvgIpc) is 2.77. The highest BCUT2D eigenvalue weighted by Gasteiger charge is 2.16. The van der Waals surface area contributed by atoms with Gasteiger partial charge in [-0.2, -0.15) is 0 Å². The highest BCUT2D eigenvalue weighted by atomic mass is 19.1. The number of halogens is 1. The Labute approximate surface area is 173 Å². The highest BCUT2D eigenvalue weighted by Crippen LogP contribution is 2.28. The number of carbonyl (C=O) groups excluding carboxylic acids is 1. The number of benzene rings is 2. The van der Waals surface area contributed by atoms with E-state index < -0.39 is 0 Å². The second-order valence-corrected chi connectivity index (χ2v) is 6.42. The first-order chi connectivity index (χ1) is 14.5. The zero-order valence-electron chi connectivity index (χ0n) is 16.4. The summed E-state index contributed by atoms with van der Waals surface area (Å²) < 4.78 is 13.7. The van der Waals surface area contributed by atoms with Crippen molar-refractivity contribution in [3.05, 3.63) is 66.4 Å². The van der Waals surface area contributed by atoms with E-state index in [0.29, 0.717) is 29.3 Å². The number of anilines is 5. The van der Waals surface area contributed by atoms with Crippen LogP contribution in [0.25, 0.3) is 0 Å². The number of amides is 1. The predicted molar refractivity (Wildman–Crippen MR) is 117 cm³/mol. The minimum absolute atomic E-state index is 0.162. The van der Waals surface area contributed by atoms with E-state index in [2.05, 4.69) is 20.6 Å². The number of rotatable bonds is 9. The van der Waals surface area contributed by atoms with Crippen molar-refractivity contribution in [1.29, 1.82) is 5.41 Å². The third-order valence-electron chi connectivity index (χ3n) is 4.49. The molecule has 1 amide bonds. The first kappa shape index (κ1) is 20.7. The minimum atomic E-state index is -0.386. The zero-order valence-corrected chi connectivity index (χ0v) is 16.4. The molecule has 0 saturated carbocycles. The van der Waals surface area contributed by atoms with Crippen LogP contribution in [0.15, 0.2) is 54.9 Å².